The van der Waals surface area contributed by atoms with Crippen molar-refractivity contribution < 1.29 is 4.79 Å². The minimum Gasteiger partial charge on any atom is -0.325 e. The summed E-state index contributed by atoms with van der Waals surface area (Å²) in [7, 11) is 0. The number of carbonyl (C=O) groups excluding carboxylic acids is 1. The van der Waals surface area contributed by atoms with Crippen LogP contribution in [0, 0.1) is 20.8 Å². The summed E-state index contributed by atoms with van der Waals surface area (Å²) in [5, 5.41) is 5.01. The molecule has 1 N–H and O–H groups in total. The van der Waals surface area contributed by atoms with Crippen LogP contribution in [0.25, 0.3) is 10.9 Å². The van der Waals surface area contributed by atoms with Gasteiger partial charge in [0, 0.05) is 11.1 Å². The average Bonchev–Trinajstić information content (AvgIpc) is 2.56. The number of anilines is 1. The third-order valence-electron chi connectivity index (χ3n) is 3.99. The molecule has 122 valence electrons. The molecule has 3 nitrogen and oxygen atoms in total. The molecule has 1 heterocycles. The third kappa shape index (κ3) is 3.60. The topological polar surface area (TPSA) is 42.0 Å². The standard InChI is InChI=1S/C20H20N2OS/c1-13-7-4-5-10-17(13)21-18(23)12-24-19-11-15(3)16-9-6-8-14(2)20(16)22-19/h4-11H,12H2,1-3H3,(H,21,23). The Labute approximate surface area is 146 Å². The van der Waals surface area contributed by atoms with Gasteiger partial charge in [-0.3, -0.25) is 4.79 Å². The lowest BCUT2D eigenvalue weighted by molar-refractivity contribution is -0.113. The Morgan fingerprint density at radius 3 is 2.54 bits per heavy atom. The van der Waals surface area contributed by atoms with Gasteiger partial charge in [-0.25, -0.2) is 4.98 Å². The third-order valence-corrected chi connectivity index (χ3v) is 4.91. The molecule has 1 amide bonds. The van der Waals surface area contributed by atoms with E-state index in [0.717, 1.165) is 27.4 Å². The molecule has 1 aromatic heterocycles. The molecule has 4 heteroatoms. The van der Waals surface area contributed by atoms with E-state index in [9.17, 15) is 4.79 Å². The summed E-state index contributed by atoms with van der Waals surface area (Å²) in [4.78, 5) is 16.9. The van der Waals surface area contributed by atoms with E-state index in [1.807, 2.05) is 37.3 Å². The number of para-hydroxylation sites is 2. The van der Waals surface area contributed by atoms with Gasteiger partial charge in [-0.15, -0.1) is 0 Å². The number of pyridine rings is 1. The van der Waals surface area contributed by atoms with Gasteiger partial charge in [0.1, 0.15) is 0 Å². The lowest BCUT2D eigenvalue weighted by Crippen LogP contribution is -2.14. The fraction of sp³-hybridized carbons (Fsp3) is 0.200. The van der Waals surface area contributed by atoms with Crippen molar-refractivity contribution in [1.29, 1.82) is 0 Å². The number of fused-ring (bicyclic) bond motifs is 1. The van der Waals surface area contributed by atoms with Gasteiger partial charge in [-0.05, 0) is 49.6 Å². The number of hydrogen-bond donors (Lipinski definition) is 1. The second-order valence-corrected chi connectivity index (χ2v) is 6.90. The number of nitrogens with one attached hydrogen (secondary N) is 1. The first-order valence-electron chi connectivity index (χ1n) is 7.90. The molecule has 3 rings (SSSR count). The number of aryl methyl sites for hydroxylation is 3. The van der Waals surface area contributed by atoms with E-state index in [1.54, 1.807) is 0 Å². The summed E-state index contributed by atoms with van der Waals surface area (Å²) < 4.78 is 0. The largest absolute Gasteiger partial charge is 0.325 e. The number of amides is 1. The van der Waals surface area contributed by atoms with Crippen molar-refractivity contribution in [3.8, 4) is 0 Å². The van der Waals surface area contributed by atoms with E-state index in [4.69, 9.17) is 4.98 Å². The summed E-state index contributed by atoms with van der Waals surface area (Å²) in [6.07, 6.45) is 0. The van der Waals surface area contributed by atoms with Crippen LogP contribution in [0.5, 0.6) is 0 Å². The minimum absolute atomic E-state index is 0.0152. The first-order chi connectivity index (χ1) is 11.5. The Hall–Kier alpha value is -2.33. The number of benzene rings is 2. The zero-order chi connectivity index (χ0) is 17.1. The number of rotatable bonds is 4. The Balaban J connectivity index is 1.73. The van der Waals surface area contributed by atoms with Gasteiger partial charge in [0.25, 0.3) is 0 Å². The van der Waals surface area contributed by atoms with E-state index in [1.165, 1.54) is 22.7 Å². The number of nitrogens with zero attached hydrogens (tertiary/aromatic N) is 1. The molecule has 3 aromatic rings. The van der Waals surface area contributed by atoms with Gasteiger partial charge in [0.15, 0.2) is 0 Å². The van der Waals surface area contributed by atoms with Crippen LogP contribution < -0.4 is 5.32 Å². The van der Waals surface area contributed by atoms with Crippen molar-refractivity contribution in [3.05, 3.63) is 65.2 Å². The Morgan fingerprint density at radius 1 is 1.00 bits per heavy atom. The van der Waals surface area contributed by atoms with Crippen molar-refractivity contribution in [2.45, 2.75) is 25.8 Å². The maximum Gasteiger partial charge on any atom is 0.234 e. The van der Waals surface area contributed by atoms with Crippen molar-refractivity contribution in [2.75, 3.05) is 11.1 Å². The highest BCUT2D eigenvalue weighted by Crippen LogP contribution is 2.25. The summed E-state index contributed by atoms with van der Waals surface area (Å²) in [6, 6.07) is 16.0. The molecule has 0 spiro atoms. The zero-order valence-corrected chi connectivity index (χ0v) is 14.9. The molecular formula is C20H20N2OS. The first kappa shape index (κ1) is 16.5. The molecule has 24 heavy (non-hydrogen) atoms. The molecular weight excluding hydrogens is 316 g/mol. The Bertz CT molecular complexity index is 905. The van der Waals surface area contributed by atoms with Crippen LogP contribution in [-0.2, 0) is 4.79 Å². The fourth-order valence-corrected chi connectivity index (χ4v) is 3.41. The molecule has 0 saturated heterocycles. The normalized spacial score (nSPS) is 10.8. The maximum absolute atomic E-state index is 12.2. The van der Waals surface area contributed by atoms with Crippen LogP contribution in [0.4, 0.5) is 5.69 Å². The van der Waals surface area contributed by atoms with Crippen LogP contribution in [0.15, 0.2) is 53.6 Å². The van der Waals surface area contributed by atoms with Gasteiger partial charge in [0.2, 0.25) is 5.91 Å². The van der Waals surface area contributed by atoms with E-state index >= 15 is 0 Å². The van der Waals surface area contributed by atoms with E-state index in [0.29, 0.717) is 5.75 Å². The van der Waals surface area contributed by atoms with E-state index < -0.39 is 0 Å². The second-order valence-electron chi connectivity index (χ2n) is 5.90. The molecule has 0 fully saturated rings. The lowest BCUT2D eigenvalue weighted by Gasteiger charge is -2.09. The molecule has 0 atom stereocenters. The summed E-state index contributed by atoms with van der Waals surface area (Å²) in [5.41, 5.74) is 5.28. The van der Waals surface area contributed by atoms with E-state index in [2.05, 4.69) is 37.4 Å². The summed E-state index contributed by atoms with van der Waals surface area (Å²) >= 11 is 1.47. The molecule has 0 aliphatic carbocycles. The fourth-order valence-electron chi connectivity index (χ4n) is 2.64. The molecule has 2 aromatic carbocycles. The highest BCUT2D eigenvalue weighted by atomic mass is 32.2. The van der Waals surface area contributed by atoms with Gasteiger partial charge >= 0.3 is 0 Å². The average molecular weight is 336 g/mol. The van der Waals surface area contributed by atoms with Crippen molar-refractivity contribution >= 4 is 34.3 Å². The maximum atomic E-state index is 12.2. The Kier molecular flexibility index (Phi) is 4.86. The van der Waals surface area contributed by atoms with Crippen LogP contribution in [-0.4, -0.2) is 16.6 Å². The number of thioether (sulfide) groups is 1. The SMILES string of the molecule is Cc1ccccc1NC(=O)CSc1cc(C)c2cccc(C)c2n1. The minimum atomic E-state index is -0.0152. The van der Waals surface area contributed by atoms with Crippen LogP contribution in [0.1, 0.15) is 16.7 Å². The molecule has 0 radical (unpaired) electrons. The van der Waals surface area contributed by atoms with E-state index in [-0.39, 0.29) is 5.91 Å². The predicted molar refractivity (Wildman–Crippen MR) is 102 cm³/mol. The molecule has 0 saturated carbocycles. The highest BCUT2D eigenvalue weighted by molar-refractivity contribution is 7.99. The van der Waals surface area contributed by atoms with Gasteiger partial charge in [-0.1, -0.05) is 48.2 Å². The number of carbonyl (C=O) groups is 1. The lowest BCUT2D eigenvalue weighted by atomic mass is 10.1. The van der Waals surface area contributed by atoms with Crippen LogP contribution in [0.3, 0.4) is 0 Å². The Morgan fingerprint density at radius 2 is 1.75 bits per heavy atom. The highest BCUT2D eigenvalue weighted by Gasteiger charge is 2.09. The number of hydrogen-bond acceptors (Lipinski definition) is 3. The molecule has 0 aliphatic rings. The first-order valence-corrected chi connectivity index (χ1v) is 8.88. The molecule has 0 aliphatic heterocycles. The van der Waals surface area contributed by atoms with Crippen LogP contribution >= 0.6 is 11.8 Å². The summed E-state index contributed by atoms with van der Waals surface area (Å²) in [5.74, 6) is 0.330. The summed E-state index contributed by atoms with van der Waals surface area (Å²) in [6.45, 7) is 6.13. The smallest absolute Gasteiger partial charge is 0.234 e. The number of aromatic nitrogens is 1. The predicted octanol–water partition coefficient (Wildman–Crippen LogP) is 4.89. The molecule has 0 unspecified atom stereocenters. The van der Waals surface area contributed by atoms with Crippen molar-refractivity contribution in [2.24, 2.45) is 0 Å². The second kappa shape index (κ2) is 7.05. The molecule has 0 bridgehead atoms. The van der Waals surface area contributed by atoms with Crippen molar-refractivity contribution in [1.82, 2.24) is 4.98 Å². The monoisotopic (exact) mass is 336 g/mol. The van der Waals surface area contributed by atoms with Gasteiger partial charge < -0.3 is 5.32 Å². The quantitative estimate of drug-likeness (QED) is 0.690. The van der Waals surface area contributed by atoms with Crippen LogP contribution in [0.2, 0.25) is 0 Å². The van der Waals surface area contributed by atoms with Gasteiger partial charge in [0.05, 0.1) is 16.3 Å². The zero-order valence-electron chi connectivity index (χ0n) is 14.1. The van der Waals surface area contributed by atoms with Gasteiger partial charge in [-0.2, -0.15) is 0 Å². The van der Waals surface area contributed by atoms with Crippen molar-refractivity contribution in [3.63, 3.8) is 0 Å².